The van der Waals surface area contributed by atoms with Crippen LogP contribution in [0.2, 0.25) is 0 Å². The van der Waals surface area contributed by atoms with E-state index in [1.165, 1.54) is 112 Å². The van der Waals surface area contributed by atoms with Gasteiger partial charge in [-0.2, -0.15) is 0 Å². The summed E-state index contributed by atoms with van der Waals surface area (Å²) < 4.78 is 0. The molecule has 0 N–H and O–H groups in total. The average molecular weight is 940 g/mol. The Morgan fingerprint density at radius 2 is 0.625 bits per heavy atom. The zero-order chi connectivity index (χ0) is 50.9. The second-order valence-electron chi connectivity index (χ2n) is 21.0. The minimum absolute atomic E-state index is 0.700. The number of hydrogen-bond donors (Lipinski definition) is 0. The van der Waals surface area contributed by atoms with Gasteiger partial charge in [-0.1, -0.05) is 77.9 Å². The monoisotopic (exact) mass is 940 g/mol. The molecule has 0 radical (unpaired) electrons. The maximum atomic E-state index is 2.47. The third kappa shape index (κ3) is 8.10. The van der Waals surface area contributed by atoms with Crippen molar-refractivity contribution in [1.82, 2.24) is 0 Å². The number of fused-ring (bicyclic) bond motifs is 2. The zero-order valence-corrected chi connectivity index (χ0v) is 44.9. The maximum absolute atomic E-state index is 2.47. The third-order valence-corrected chi connectivity index (χ3v) is 16.4. The molecule has 3 nitrogen and oxygen atoms in total. The van der Waals surface area contributed by atoms with Gasteiger partial charge < -0.3 is 14.7 Å². The van der Waals surface area contributed by atoms with Gasteiger partial charge in [0.1, 0.15) is 0 Å². The van der Waals surface area contributed by atoms with Gasteiger partial charge in [-0.3, -0.25) is 0 Å². The fourth-order valence-electron chi connectivity index (χ4n) is 11.3. The second-order valence-corrected chi connectivity index (χ2v) is 21.0. The standard InChI is InChI=1S/C69H69N3/c1-42-19-26-60(27-20-42)72-67-18-16-15-17-65(67)69(66-33-43(2)21-32-68(66)72,56-22-28-58(29-23-56)70(61-34-44(3)52(11)45(4)35-61)62-36-46(5)53(12)47(6)37-62)57-24-30-59(31-25-57)71(63-38-48(7)54(13)49(8)39-63)64-40-50(9)55(14)51(10)41-64/h15-41H,1-14H3. The van der Waals surface area contributed by atoms with Crippen molar-refractivity contribution in [1.29, 1.82) is 0 Å². The molecule has 1 heterocycles. The van der Waals surface area contributed by atoms with Crippen molar-refractivity contribution in [3.05, 3.63) is 264 Å². The first-order valence-electron chi connectivity index (χ1n) is 25.7. The lowest BCUT2D eigenvalue weighted by atomic mass is 9.62. The van der Waals surface area contributed by atoms with E-state index in [2.05, 4.69) is 275 Å². The first kappa shape index (κ1) is 48.0. The summed E-state index contributed by atoms with van der Waals surface area (Å²) >= 11 is 0. The molecule has 360 valence electrons. The highest BCUT2D eigenvalue weighted by molar-refractivity contribution is 5.90. The molecule has 0 amide bonds. The molecule has 72 heavy (non-hydrogen) atoms. The number of hydrogen-bond acceptors (Lipinski definition) is 3. The molecular weight excluding hydrogens is 871 g/mol. The Balaban J connectivity index is 1.23. The lowest BCUT2D eigenvalue weighted by Gasteiger charge is -2.47. The van der Waals surface area contributed by atoms with Crippen molar-refractivity contribution < 1.29 is 0 Å². The molecule has 0 aromatic heterocycles. The van der Waals surface area contributed by atoms with E-state index >= 15 is 0 Å². The molecule has 0 atom stereocenters. The summed E-state index contributed by atoms with van der Waals surface area (Å²) in [5, 5.41) is 0. The summed E-state index contributed by atoms with van der Waals surface area (Å²) in [6.45, 7) is 31.2. The van der Waals surface area contributed by atoms with Gasteiger partial charge in [0.05, 0.1) is 16.8 Å². The van der Waals surface area contributed by atoms with Crippen molar-refractivity contribution in [3.8, 4) is 0 Å². The molecule has 0 aliphatic carbocycles. The average Bonchev–Trinajstić information content (AvgIpc) is 3.36. The largest absolute Gasteiger partial charge is 0.310 e. The SMILES string of the molecule is Cc1ccc(N2c3ccccc3C(c3ccc(N(c4cc(C)c(C)c(C)c4)c4cc(C)c(C)c(C)c4)cc3)(c3ccc(N(c4cc(C)c(C)c(C)c4)c4cc(C)c(C)c(C)c4)cc3)c3cc(C)ccc32)cc1. The first-order chi connectivity index (χ1) is 34.5. The van der Waals surface area contributed by atoms with E-state index in [0.717, 1.165) is 39.8 Å². The van der Waals surface area contributed by atoms with Gasteiger partial charge in [0.25, 0.3) is 0 Å². The Bertz CT molecular complexity index is 3190. The van der Waals surface area contributed by atoms with Gasteiger partial charge in [0, 0.05) is 39.8 Å². The van der Waals surface area contributed by atoms with Gasteiger partial charge in [0.2, 0.25) is 0 Å². The van der Waals surface area contributed by atoms with Gasteiger partial charge >= 0.3 is 0 Å². The molecule has 10 rings (SSSR count). The van der Waals surface area contributed by atoms with Gasteiger partial charge in [-0.25, -0.2) is 0 Å². The molecule has 9 aromatic carbocycles. The van der Waals surface area contributed by atoms with Crippen LogP contribution in [0.15, 0.2) is 164 Å². The Hall–Kier alpha value is -7.62. The lowest BCUT2D eigenvalue weighted by molar-refractivity contribution is 0.730. The minimum atomic E-state index is -0.700. The Labute approximate surface area is 430 Å². The van der Waals surface area contributed by atoms with Crippen LogP contribution in [-0.4, -0.2) is 0 Å². The van der Waals surface area contributed by atoms with E-state index < -0.39 is 5.41 Å². The quantitative estimate of drug-likeness (QED) is 0.143. The minimum Gasteiger partial charge on any atom is -0.310 e. The van der Waals surface area contributed by atoms with Crippen LogP contribution in [0.5, 0.6) is 0 Å². The first-order valence-corrected chi connectivity index (χ1v) is 25.7. The van der Waals surface area contributed by atoms with E-state index in [0.29, 0.717) is 0 Å². The Morgan fingerprint density at radius 3 is 1.00 bits per heavy atom. The van der Waals surface area contributed by atoms with E-state index in [9.17, 15) is 0 Å². The molecule has 0 saturated heterocycles. The van der Waals surface area contributed by atoms with Crippen molar-refractivity contribution in [2.45, 2.75) is 102 Å². The molecule has 0 unspecified atom stereocenters. The zero-order valence-electron chi connectivity index (χ0n) is 44.9. The van der Waals surface area contributed by atoms with Crippen LogP contribution in [0.1, 0.15) is 100 Å². The second kappa shape index (κ2) is 18.5. The molecule has 0 saturated carbocycles. The summed E-state index contributed by atoms with van der Waals surface area (Å²) in [6.07, 6.45) is 0. The molecule has 0 bridgehead atoms. The molecule has 9 aromatic rings. The van der Waals surface area contributed by atoms with Crippen LogP contribution in [0, 0.1) is 96.9 Å². The third-order valence-electron chi connectivity index (χ3n) is 16.4. The van der Waals surface area contributed by atoms with Gasteiger partial charge in [-0.05, 0) is 283 Å². The molecule has 0 spiro atoms. The molecule has 0 fully saturated rings. The number of para-hydroxylation sites is 1. The van der Waals surface area contributed by atoms with Crippen molar-refractivity contribution in [3.63, 3.8) is 0 Å². The Morgan fingerprint density at radius 1 is 0.292 bits per heavy atom. The number of nitrogens with zero attached hydrogens (tertiary/aromatic N) is 3. The summed E-state index contributed by atoms with van der Waals surface area (Å²) in [6, 6.07) is 63.0. The van der Waals surface area contributed by atoms with Gasteiger partial charge in [0.15, 0.2) is 0 Å². The van der Waals surface area contributed by atoms with Crippen LogP contribution in [0.4, 0.5) is 51.2 Å². The summed E-state index contributed by atoms with van der Waals surface area (Å²) in [5.74, 6) is 0. The van der Waals surface area contributed by atoms with Crippen molar-refractivity contribution in [2.75, 3.05) is 14.7 Å². The Kier molecular flexibility index (Phi) is 12.4. The number of rotatable bonds is 9. The molecule has 3 heteroatoms. The predicted octanol–water partition coefficient (Wildman–Crippen LogP) is 19.1. The highest BCUT2D eigenvalue weighted by Gasteiger charge is 2.46. The van der Waals surface area contributed by atoms with Crippen molar-refractivity contribution in [2.24, 2.45) is 0 Å². The summed E-state index contributed by atoms with van der Waals surface area (Å²) in [4.78, 5) is 7.38. The number of benzene rings is 9. The van der Waals surface area contributed by atoms with Crippen molar-refractivity contribution >= 4 is 51.2 Å². The summed E-state index contributed by atoms with van der Waals surface area (Å²) in [7, 11) is 0. The highest BCUT2D eigenvalue weighted by atomic mass is 15.2. The molecular formula is C69H69N3. The van der Waals surface area contributed by atoms with E-state index in [1.807, 2.05) is 0 Å². The summed E-state index contributed by atoms with van der Waals surface area (Å²) in [5.41, 5.74) is 32.7. The fourth-order valence-corrected chi connectivity index (χ4v) is 11.3. The number of aryl methyl sites for hydroxylation is 10. The smallest absolute Gasteiger partial charge is 0.0742 e. The number of anilines is 9. The van der Waals surface area contributed by atoms with E-state index in [-0.39, 0.29) is 0 Å². The van der Waals surface area contributed by atoms with Crippen LogP contribution >= 0.6 is 0 Å². The molecule has 1 aliphatic rings. The lowest BCUT2D eigenvalue weighted by Crippen LogP contribution is -2.38. The van der Waals surface area contributed by atoms with Crippen LogP contribution in [0.3, 0.4) is 0 Å². The van der Waals surface area contributed by atoms with Crippen LogP contribution in [-0.2, 0) is 5.41 Å². The van der Waals surface area contributed by atoms with Gasteiger partial charge in [-0.15, -0.1) is 0 Å². The fraction of sp³-hybridized carbons (Fsp3) is 0.217. The topological polar surface area (TPSA) is 9.72 Å². The van der Waals surface area contributed by atoms with Crippen LogP contribution in [0.25, 0.3) is 0 Å². The van der Waals surface area contributed by atoms with E-state index in [4.69, 9.17) is 0 Å². The molecule has 1 aliphatic heterocycles. The van der Waals surface area contributed by atoms with Crippen LogP contribution < -0.4 is 14.7 Å². The predicted molar refractivity (Wildman–Crippen MR) is 309 cm³/mol. The highest BCUT2D eigenvalue weighted by Crippen LogP contribution is 2.58. The maximum Gasteiger partial charge on any atom is 0.0742 e. The normalized spacial score (nSPS) is 12.7. The van der Waals surface area contributed by atoms with E-state index in [1.54, 1.807) is 0 Å².